The number of aromatic carboxylic acids is 1. The molecule has 17 heavy (non-hydrogen) atoms. The molecule has 0 saturated heterocycles. The van der Waals surface area contributed by atoms with Crippen molar-refractivity contribution in [3.8, 4) is 11.1 Å². The third kappa shape index (κ3) is 2.48. The van der Waals surface area contributed by atoms with Gasteiger partial charge in [-0.3, -0.25) is 0 Å². The monoisotopic (exact) mass is 246 g/mol. The van der Waals surface area contributed by atoms with Crippen LogP contribution < -0.4 is 0 Å². The molecule has 0 saturated carbocycles. The molecular weight excluding hydrogens is 236 g/mol. The second-order valence-electron chi connectivity index (χ2n) is 3.87. The van der Waals surface area contributed by atoms with E-state index in [0.29, 0.717) is 5.02 Å². The Bertz CT molecular complexity index is 576. The first-order valence-corrected chi connectivity index (χ1v) is 5.55. The van der Waals surface area contributed by atoms with Gasteiger partial charge in [0.2, 0.25) is 0 Å². The van der Waals surface area contributed by atoms with Crippen LogP contribution in [0.2, 0.25) is 5.02 Å². The van der Waals surface area contributed by atoms with E-state index in [1.54, 1.807) is 18.2 Å². The molecule has 2 aromatic carbocycles. The van der Waals surface area contributed by atoms with Crippen molar-refractivity contribution in [1.29, 1.82) is 0 Å². The number of rotatable bonds is 2. The molecule has 0 fully saturated rings. The smallest absolute Gasteiger partial charge is 0.335 e. The lowest BCUT2D eigenvalue weighted by Crippen LogP contribution is -1.97. The molecule has 0 unspecified atom stereocenters. The summed E-state index contributed by atoms with van der Waals surface area (Å²) in [5, 5.41) is 9.64. The van der Waals surface area contributed by atoms with Crippen molar-refractivity contribution >= 4 is 17.6 Å². The van der Waals surface area contributed by atoms with Gasteiger partial charge in [-0.1, -0.05) is 35.9 Å². The van der Waals surface area contributed by atoms with Gasteiger partial charge in [0.1, 0.15) is 0 Å². The minimum Gasteiger partial charge on any atom is -0.478 e. The number of aryl methyl sites for hydroxylation is 1. The molecule has 0 heterocycles. The third-order valence-corrected chi connectivity index (χ3v) is 2.84. The summed E-state index contributed by atoms with van der Waals surface area (Å²) in [7, 11) is 0. The van der Waals surface area contributed by atoms with Gasteiger partial charge in [-0.05, 0) is 36.2 Å². The fourth-order valence-electron chi connectivity index (χ4n) is 1.76. The number of halogens is 1. The SMILES string of the molecule is Cc1cc(C(=O)O)cc(-c2ccccc2Cl)c1. The van der Waals surface area contributed by atoms with Crippen LogP contribution >= 0.6 is 11.6 Å². The number of hydrogen-bond donors (Lipinski definition) is 1. The molecule has 0 spiro atoms. The maximum Gasteiger partial charge on any atom is 0.335 e. The van der Waals surface area contributed by atoms with E-state index in [1.165, 1.54) is 0 Å². The van der Waals surface area contributed by atoms with E-state index in [1.807, 2.05) is 31.2 Å². The Labute approximate surface area is 104 Å². The predicted octanol–water partition coefficient (Wildman–Crippen LogP) is 4.01. The molecule has 0 aliphatic rings. The van der Waals surface area contributed by atoms with E-state index in [-0.39, 0.29) is 5.56 Å². The Morgan fingerprint density at radius 1 is 1.18 bits per heavy atom. The molecule has 86 valence electrons. The molecule has 1 N–H and O–H groups in total. The second kappa shape index (κ2) is 4.60. The lowest BCUT2D eigenvalue weighted by molar-refractivity contribution is 0.0697. The average molecular weight is 247 g/mol. The molecule has 0 aromatic heterocycles. The summed E-state index contributed by atoms with van der Waals surface area (Å²) >= 11 is 6.10. The third-order valence-electron chi connectivity index (χ3n) is 2.51. The zero-order valence-electron chi connectivity index (χ0n) is 9.27. The highest BCUT2D eigenvalue weighted by atomic mass is 35.5. The Kier molecular flexibility index (Phi) is 3.16. The lowest BCUT2D eigenvalue weighted by atomic mass is 10.0. The molecule has 2 rings (SSSR count). The fourth-order valence-corrected chi connectivity index (χ4v) is 2.00. The Balaban J connectivity index is 2.60. The molecule has 0 amide bonds. The quantitative estimate of drug-likeness (QED) is 0.869. The van der Waals surface area contributed by atoms with Gasteiger partial charge in [0.15, 0.2) is 0 Å². The molecule has 2 aromatic rings. The van der Waals surface area contributed by atoms with Crippen molar-refractivity contribution in [3.63, 3.8) is 0 Å². The molecule has 3 heteroatoms. The van der Waals surface area contributed by atoms with E-state index in [9.17, 15) is 4.79 Å². The number of carboxylic acid groups (broad SMARTS) is 1. The van der Waals surface area contributed by atoms with Crippen molar-refractivity contribution in [1.82, 2.24) is 0 Å². The van der Waals surface area contributed by atoms with Crippen LogP contribution in [0.4, 0.5) is 0 Å². The first-order chi connectivity index (χ1) is 8.08. The summed E-state index contributed by atoms with van der Waals surface area (Å²) < 4.78 is 0. The number of hydrogen-bond acceptors (Lipinski definition) is 1. The molecule has 0 bridgehead atoms. The summed E-state index contributed by atoms with van der Waals surface area (Å²) in [6.07, 6.45) is 0. The normalized spacial score (nSPS) is 10.2. The second-order valence-corrected chi connectivity index (χ2v) is 4.28. The molecule has 0 aliphatic heterocycles. The highest BCUT2D eigenvalue weighted by Gasteiger charge is 2.08. The van der Waals surface area contributed by atoms with Crippen LogP contribution in [0, 0.1) is 6.92 Å². The van der Waals surface area contributed by atoms with Gasteiger partial charge in [-0.15, -0.1) is 0 Å². The minimum atomic E-state index is -0.929. The van der Waals surface area contributed by atoms with Crippen molar-refractivity contribution in [2.45, 2.75) is 6.92 Å². The number of carboxylic acids is 1. The lowest BCUT2D eigenvalue weighted by Gasteiger charge is -2.07. The zero-order chi connectivity index (χ0) is 12.4. The van der Waals surface area contributed by atoms with Gasteiger partial charge in [-0.25, -0.2) is 4.79 Å². The zero-order valence-corrected chi connectivity index (χ0v) is 10.0. The Morgan fingerprint density at radius 2 is 1.88 bits per heavy atom. The highest BCUT2D eigenvalue weighted by molar-refractivity contribution is 6.33. The van der Waals surface area contributed by atoms with Crippen LogP contribution in [-0.4, -0.2) is 11.1 Å². The van der Waals surface area contributed by atoms with Crippen LogP contribution in [0.15, 0.2) is 42.5 Å². The van der Waals surface area contributed by atoms with Gasteiger partial charge < -0.3 is 5.11 Å². The molecule has 0 aliphatic carbocycles. The van der Waals surface area contributed by atoms with Gasteiger partial charge in [0.25, 0.3) is 0 Å². The molecular formula is C14H11ClO2. The maximum absolute atomic E-state index is 11.0. The van der Waals surface area contributed by atoms with E-state index >= 15 is 0 Å². The van der Waals surface area contributed by atoms with Crippen molar-refractivity contribution in [2.24, 2.45) is 0 Å². The topological polar surface area (TPSA) is 37.3 Å². The molecule has 0 radical (unpaired) electrons. The van der Waals surface area contributed by atoms with E-state index in [2.05, 4.69) is 0 Å². The predicted molar refractivity (Wildman–Crippen MR) is 68.6 cm³/mol. The Morgan fingerprint density at radius 3 is 2.53 bits per heavy atom. The summed E-state index contributed by atoms with van der Waals surface area (Å²) in [5.41, 5.74) is 2.85. The van der Waals surface area contributed by atoms with Crippen molar-refractivity contribution in [3.05, 3.63) is 58.6 Å². The summed E-state index contributed by atoms with van der Waals surface area (Å²) in [4.78, 5) is 11.0. The Hall–Kier alpha value is -1.80. The number of benzene rings is 2. The highest BCUT2D eigenvalue weighted by Crippen LogP contribution is 2.29. The van der Waals surface area contributed by atoms with Crippen LogP contribution in [-0.2, 0) is 0 Å². The van der Waals surface area contributed by atoms with Crippen molar-refractivity contribution in [2.75, 3.05) is 0 Å². The first kappa shape index (κ1) is 11.7. The number of carbonyl (C=O) groups is 1. The van der Waals surface area contributed by atoms with Gasteiger partial charge >= 0.3 is 5.97 Å². The largest absolute Gasteiger partial charge is 0.478 e. The first-order valence-electron chi connectivity index (χ1n) is 5.18. The van der Waals surface area contributed by atoms with Crippen molar-refractivity contribution < 1.29 is 9.90 Å². The van der Waals surface area contributed by atoms with E-state index < -0.39 is 5.97 Å². The van der Waals surface area contributed by atoms with Crippen LogP contribution in [0.25, 0.3) is 11.1 Å². The minimum absolute atomic E-state index is 0.278. The molecule has 2 nitrogen and oxygen atoms in total. The van der Waals surface area contributed by atoms with Gasteiger partial charge in [-0.2, -0.15) is 0 Å². The van der Waals surface area contributed by atoms with Crippen LogP contribution in [0.3, 0.4) is 0 Å². The standard InChI is InChI=1S/C14H11ClO2/c1-9-6-10(8-11(7-9)14(16)17)12-4-2-3-5-13(12)15/h2-8H,1H3,(H,16,17). The maximum atomic E-state index is 11.0. The van der Waals surface area contributed by atoms with E-state index in [4.69, 9.17) is 16.7 Å². The van der Waals surface area contributed by atoms with Gasteiger partial charge in [0, 0.05) is 10.6 Å². The van der Waals surface area contributed by atoms with Crippen LogP contribution in [0.1, 0.15) is 15.9 Å². The van der Waals surface area contributed by atoms with Gasteiger partial charge in [0.05, 0.1) is 5.56 Å². The van der Waals surface area contributed by atoms with Crippen LogP contribution in [0.5, 0.6) is 0 Å². The van der Waals surface area contributed by atoms with E-state index in [0.717, 1.165) is 16.7 Å². The summed E-state index contributed by atoms with van der Waals surface area (Å²) in [6, 6.07) is 12.6. The average Bonchev–Trinajstić information content (AvgIpc) is 2.28. The summed E-state index contributed by atoms with van der Waals surface area (Å²) in [5.74, 6) is -0.929. The fraction of sp³-hybridized carbons (Fsp3) is 0.0714. The molecule has 0 atom stereocenters. The summed E-state index contributed by atoms with van der Waals surface area (Å²) in [6.45, 7) is 1.87.